The van der Waals surface area contributed by atoms with Gasteiger partial charge in [0.05, 0.1) is 6.20 Å². The van der Waals surface area contributed by atoms with Crippen LogP contribution in [-0.4, -0.2) is 48.1 Å². The molecule has 2 heterocycles. The van der Waals surface area contributed by atoms with Crippen molar-refractivity contribution in [2.75, 3.05) is 43.9 Å². The van der Waals surface area contributed by atoms with E-state index in [-0.39, 0.29) is 0 Å². The number of anilines is 2. The smallest absolute Gasteiger partial charge is 0.149 e. The van der Waals surface area contributed by atoms with E-state index in [1.54, 1.807) is 6.20 Å². The fourth-order valence-electron chi connectivity index (χ4n) is 2.83. The van der Waals surface area contributed by atoms with Gasteiger partial charge in [0.1, 0.15) is 16.1 Å². The van der Waals surface area contributed by atoms with Crippen molar-refractivity contribution >= 4 is 39.1 Å². The Morgan fingerprint density at radius 2 is 1.88 bits per heavy atom. The van der Waals surface area contributed by atoms with Crippen molar-refractivity contribution in [3.05, 3.63) is 59.0 Å². The highest BCUT2D eigenvalue weighted by atomic mass is 79.9. The van der Waals surface area contributed by atoms with Crippen LogP contribution in [0.15, 0.2) is 47.7 Å². The lowest BCUT2D eigenvalue weighted by Gasteiger charge is -2.34. The number of piperazine rings is 1. The third-order valence-electron chi connectivity index (χ3n) is 4.38. The van der Waals surface area contributed by atoms with E-state index >= 15 is 0 Å². The number of nitrogens with zero attached hydrogens (tertiary/aromatic N) is 4. The van der Waals surface area contributed by atoms with Gasteiger partial charge in [-0.1, -0.05) is 24.8 Å². The summed E-state index contributed by atoms with van der Waals surface area (Å²) in [5.74, 6) is 0.400. The number of likely N-dealkylation sites (N-methyl/N-ethyl adjacent to an activating group) is 1. The molecule has 0 unspecified atom stereocenters. The van der Waals surface area contributed by atoms with Crippen molar-refractivity contribution in [1.82, 2.24) is 14.9 Å². The standard InChI is InChI=1S/C19H22BrN5/c1-3-14(12-17-19(21)22-13-18(20)23-17)15-4-6-16(7-5-15)25-10-8-24(2)9-11-25/h3-7,12-13H,1,8-11H2,2H3,(H2,21,22)/b14-12+. The lowest BCUT2D eigenvalue weighted by Crippen LogP contribution is -2.44. The van der Waals surface area contributed by atoms with Crippen LogP contribution >= 0.6 is 15.9 Å². The number of nitrogens with two attached hydrogens (primary N) is 1. The molecule has 2 aromatic rings. The third kappa shape index (κ3) is 4.27. The first-order valence-electron chi connectivity index (χ1n) is 8.23. The number of hydrogen-bond acceptors (Lipinski definition) is 5. The van der Waals surface area contributed by atoms with Crippen LogP contribution in [0.4, 0.5) is 11.5 Å². The van der Waals surface area contributed by atoms with Gasteiger partial charge in [-0.05, 0) is 52.3 Å². The number of rotatable bonds is 4. The van der Waals surface area contributed by atoms with Crippen LogP contribution < -0.4 is 10.6 Å². The number of hydrogen-bond donors (Lipinski definition) is 1. The maximum Gasteiger partial charge on any atom is 0.149 e. The summed E-state index contributed by atoms with van der Waals surface area (Å²) in [5, 5.41) is 0. The van der Waals surface area contributed by atoms with Gasteiger partial charge in [0.2, 0.25) is 0 Å². The normalized spacial score (nSPS) is 16.1. The van der Waals surface area contributed by atoms with E-state index in [9.17, 15) is 0 Å². The van der Waals surface area contributed by atoms with Gasteiger partial charge in [0, 0.05) is 31.9 Å². The van der Waals surface area contributed by atoms with E-state index < -0.39 is 0 Å². The van der Waals surface area contributed by atoms with Gasteiger partial charge in [-0.25, -0.2) is 9.97 Å². The van der Waals surface area contributed by atoms with Gasteiger partial charge in [-0.3, -0.25) is 0 Å². The van der Waals surface area contributed by atoms with Gasteiger partial charge in [0.15, 0.2) is 0 Å². The molecule has 1 aliphatic rings. The highest BCUT2D eigenvalue weighted by molar-refractivity contribution is 9.10. The first-order valence-corrected chi connectivity index (χ1v) is 9.02. The number of aromatic nitrogens is 2. The molecule has 6 heteroatoms. The van der Waals surface area contributed by atoms with Crippen molar-refractivity contribution in [2.45, 2.75) is 0 Å². The summed E-state index contributed by atoms with van der Waals surface area (Å²) in [6, 6.07) is 8.55. The second kappa shape index (κ2) is 7.80. The molecular weight excluding hydrogens is 378 g/mol. The highest BCUT2D eigenvalue weighted by Gasteiger charge is 2.14. The molecule has 3 rings (SSSR count). The summed E-state index contributed by atoms with van der Waals surface area (Å²) >= 11 is 3.33. The lowest BCUT2D eigenvalue weighted by molar-refractivity contribution is 0.313. The van der Waals surface area contributed by atoms with Gasteiger partial charge in [0.25, 0.3) is 0 Å². The third-order valence-corrected chi connectivity index (χ3v) is 4.76. The van der Waals surface area contributed by atoms with Crippen LogP contribution in [-0.2, 0) is 0 Å². The number of benzene rings is 1. The Morgan fingerprint density at radius 1 is 1.20 bits per heavy atom. The molecule has 1 saturated heterocycles. The molecule has 0 saturated carbocycles. The van der Waals surface area contributed by atoms with Gasteiger partial charge >= 0.3 is 0 Å². The summed E-state index contributed by atoms with van der Waals surface area (Å²) < 4.78 is 0.654. The van der Waals surface area contributed by atoms with E-state index in [1.807, 2.05) is 12.2 Å². The molecule has 1 fully saturated rings. The average Bonchev–Trinajstić information content (AvgIpc) is 2.63. The Hall–Kier alpha value is -2.18. The second-order valence-electron chi connectivity index (χ2n) is 6.10. The fraction of sp³-hybridized carbons (Fsp3) is 0.263. The van der Waals surface area contributed by atoms with Crippen LogP contribution in [0.1, 0.15) is 11.3 Å². The highest BCUT2D eigenvalue weighted by Crippen LogP contribution is 2.24. The molecule has 0 bridgehead atoms. The van der Waals surface area contributed by atoms with Gasteiger partial charge < -0.3 is 15.5 Å². The molecule has 1 aliphatic heterocycles. The lowest BCUT2D eigenvalue weighted by atomic mass is 10.0. The predicted octanol–water partition coefficient (Wildman–Crippen LogP) is 3.30. The van der Waals surface area contributed by atoms with E-state index in [0.717, 1.165) is 37.3 Å². The first-order chi connectivity index (χ1) is 12.1. The first kappa shape index (κ1) is 17.6. The summed E-state index contributed by atoms with van der Waals surface area (Å²) in [7, 11) is 2.16. The second-order valence-corrected chi connectivity index (χ2v) is 6.92. The van der Waals surface area contributed by atoms with E-state index in [4.69, 9.17) is 5.73 Å². The zero-order valence-electron chi connectivity index (χ0n) is 14.3. The van der Waals surface area contributed by atoms with Gasteiger partial charge in [-0.2, -0.15) is 0 Å². The minimum absolute atomic E-state index is 0.400. The molecule has 5 nitrogen and oxygen atoms in total. The molecule has 0 atom stereocenters. The van der Waals surface area contributed by atoms with Crippen molar-refractivity contribution in [1.29, 1.82) is 0 Å². The van der Waals surface area contributed by atoms with Crippen LogP contribution in [0.25, 0.3) is 11.6 Å². The van der Waals surface area contributed by atoms with E-state index in [2.05, 4.69) is 73.6 Å². The summed E-state index contributed by atoms with van der Waals surface area (Å²) in [4.78, 5) is 13.3. The molecule has 0 spiro atoms. The molecule has 0 radical (unpaired) electrons. The number of allylic oxidation sites excluding steroid dienone is 2. The molecule has 130 valence electrons. The Labute approximate surface area is 157 Å². The molecule has 1 aromatic heterocycles. The van der Waals surface area contributed by atoms with Crippen LogP contribution in [0.5, 0.6) is 0 Å². The maximum atomic E-state index is 5.92. The van der Waals surface area contributed by atoms with E-state index in [1.165, 1.54) is 5.69 Å². The number of halogens is 1. The van der Waals surface area contributed by atoms with Crippen molar-refractivity contribution < 1.29 is 0 Å². The largest absolute Gasteiger partial charge is 0.382 e. The van der Waals surface area contributed by atoms with Crippen LogP contribution in [0.2, 0.25) is 0 Å². The summed E-state index contributed by atoms with van der Waals surface area (Å²) in [5.41, 5.74) is 9.84. The fourth-order valence-corrected chi connectivity index (χ4v) is 3.13. The SMILES string of the molecule is C=C/C(=C\c1nc(Br)cnc1N)c1ccc(N2CCN(C)CC2)cc1. The van der Waals surface area contributed by atoms with Crippen molar-refractivity contribution in [3.8, 4) is 0 Å². The maximum absolute atomic E-state index is 5.92. The topological polar surface area (TPSA) is 58.3 Å². The number of nitrogen functional groups attached to an aromatic ring is 1. The molecule has 25 heavy (non-hydrogen) atoms. The summed E-state index contributed by atoms with van der Waals surface area (Å²) in [6.45, 7) is 8.24. The monoisotopic (exact) mass is 399 g/mol. The van der Waals surface area contributed by atoms with E-state index in [0.29, 0.717) is 16.1 Å². The minimum Gasteiger partial charge on any atom is -0.382 e. The van der Waals surface area contributed by atoms with Crippen molar-refractivity contribution in [2.24, 2.45) is 0 Å². The zero-order chi connectivity index (χ0) is 17.8. The Balaban J connectivity index is 1.83. The average molecular weight is 400 g/mol. The van der Waals surface area contributed by atoms with Crippen LogP contribution in [0.3, 0.4) is 0 Å². The molecule has 0 aliphatic carbocycles. The molecular formula is C19H22BrN5. The Kier molecular flexibility index (Phi) is 5.50. The molecule has 0 amide bonds. The Morgan fingerprint density at radius 3 is 2.52 bits per heavy atom. The molecule has 2 N–H and O–H groups in total. The van der Waals surface area contributed by atoms with Crippen molar-refractivity contribution in [3.63, 3.8) is 0 Å². The quantitative estimate of drug-likeness (QED) is 0.799. The minimum atomic E-state index is 0.400. The Bertz CT molecular complexity index is 777. The molecule has 1 aromatic carbocycles. The summed E-state index contributed by atoms with van der Waals surface area (Å²) in [6.07, 6.45) is 5.31. The van der Waals surface area contributed by atoms with Gasteiger partial charge in [-0.15, -0.1) is 0 Å². The van der Waals surface area contributed by atoms with Crippen LogP contribution in [0, 0.1) is 0 Å². The zero-order valence-corrected chi connectivity index (χ0v) is 15.9. The predicted molar refractivity (Wildman–Crippen MR) is 108 cm³/mol.